The van der Waals surface area contributed by atoms with E-state index < -0.39 is 74.2 Å². The average Bonchev–Trinajstić information content (AvgIpc) is 3.29. The standard InChI is InChI=1S/C53H97NO10/c1-3-5-7-9-11-13-15-17-18-19-20-21-22-23-24-25-26-27-29-31-33-35-37-39-41-46(57)52(62)54-44(43-63-53-51(61)50(60)49(59)47(42-55)64-53)48(58)45(56)40-38-36-34-32-30-28-16-14-12-10-8-6-4-2/h6,8,14,16,23-24,32,34,44-51,53,55-61H,3-5,7,9-13,15,17-22,25-31,33,35-43H2,1-2H3,(H,54,62)/b8-6+,16-14+,24-23-,34-32+. The van der Waals surface area contributed by atoms with Crippen molar-refractivity contribution in [2.24, 2.45) is 0 Å². The smallest absolute Gasteiger partial charge is 0.249 e. The van der Waals surface area contributed by atoms with E-state index in [0.29, 0.717) is 19.3 Å². The van der Waals surface area contributed by atoms with Gasteiger partial charge in [-0.3, -0.25) is 4.79 Å². The molecule has 64 heavy (non-hydrogen) atoms. The molecule has 0 aromatic heterocycles. The third-order valence-corrected chi connectivity index (χ3v) is 12.3. The Bertz CT molecular complexity index is 1180. The molecule has 1 heterocycles. The number of hydrogen-bond donors (Lipinski definition) is 8. The molecule has 1 fully saturated rings. The van der Waals surface area contributed by atoms with Gasteiger partial charge in [0.25, 0.3) is 0 Å². The van der Waals surface area contributed by atoms with Crippen molar-refractivity contribution in [3.8, 4) is 0 Å². The first kappa shape index (κ1) is 60.1. The number of rotatable bonds is 43. The third kappa shape index (κ3) is 31.1. The topological polar surface area (TPSA) is 189 Å². The normalized spacial score (nSPS) is 21.4. The summed E-state index contributed by atoms with van der Waals surface area (Å²) < 4.78 is 11.1. The summed E-state index contributed by atoms with van der Waals surface area (Å²) in [5, 5.41) is 75.8. The second-order valence-corrected chi connectivity index (χ2v) is 18.2. The Morgan fingerprint density at radius 2 is 0.984 bits per heavy atom. The zero-order valence-corrected chi connectivity index (χ0v) is 40.5. The fourth-order valence-corrected chi connectivity index (χ4v) is 8.06. The third-order valence-electron chi connectivity index (χ3n) is 12.3. The van der Waals surface area contributed by atoms with Gasteiger partial charge in [0.1, 0.15) is 36.6 Å². The Morgan fingerprint density at radius 1 is 0.547 bits per heavy atom. The fourth-order valence-electron chi connectivity index (χ4n) is 8.06. The van der Waals surface area contributed by atoms with E-state index in [1.165, 1.54) is 109 Å². The molecule has 1 amide bonds. The number of amides is 1. The van der Waals surface area contributed by atoms with Gasteiger partial charge in [-0.2, -0.15) is 0 Å². The highest BCUT2D eigenvalue weighted by molar-refractivity contribution is 5.80. The fraction of sp³-hybridized carbons (Fsp3) is 0.830. The van der Waals surface area contributed by atoms with Crippen molar-refractivity contribution in [3.63, 3.8) is 0 Å². The second-order valence-electron chi connectivity index (χ2n) is 18.2. The lowest BCUT2D eigenvalue weighted by molar-refractivity contribution is -0.303. The van der Waals surface area contributed by atoms with Crippen LogP contribution >= 0.6 is 0 Å². The first-order valence-corrected chi connectivity index (χ1v) is 26.0. The van der Waals surface area contributed by atoms with Crippen molar-refractivity contribution in [3.05, 3.63) is 48.6 Å². The molecule has 374 valence electrons. The first-order valence-electron chi connectivity index (χ1n) is 26.0. The second kappa shape index (κ2) is 42.4. The van der Waals surface area contributed by atoms with Gasteiger partial charge in [-0.25, -0.2) is 0 Å². The summed E-state index contributed by atoms with van der Waals surface area (Å²) in [6, 6.07) is -1.20. The van der Waals surface area contributed by atoms with Gasteiger partial charge in [0, 0.05) is 0 Å². The van der Waals surface area contributed by atoms with E-state index in [1.54, 1.807) is 0 Å². The van der Waals surface area contributed by atoms with Crippen LogP contribution in [0.2, 0.25) is 0 Å². The van der Waals surface area contributed by atoms with Crippen LogP contribution in [0.4, 0.5) is 0 Å². The molecule has 0 bridgehead atoms. The molecule has 0 saturated carbocycles. The molecule has 1 rings (SSSR count). The molecular formula is C53H97NO10. The number of unbranched alkanes of at least 4 members (excludes halogenated alkanes) is 23. The summed E-state index contributed by atoms with van der Waals surface area (Å²) in [6.45, 7) is 3.31. The van der Waals surface area contributed by atoms with E-state index in [4.69, 9.17) is 9.47 Å². The Labute approximate surface area is 389 Å². The molecular weight excluding hydrogens is 811 g/mol. The van der Waals surface area contributed by atoms with Crippen molar-refractivity contribution in [2.75, 3.05) is 13.2 Å². The van der Waals surface area contributed by atoms with E-state index in [9.17, 15) is 40.5 Å². The molecule has 0 radical (unpaired) electrons. The maximum Gasteiger partial charge on any atom is 0.249 e. The van der Waals surface area contributed by atoms with Gasteiger partial charge in [-0.15, -0.1) is 0 Å². The van der Waals surface area contributed by atoms with Crippen LogP contribution in [0.5, 0.6) is 0 Å². The number of allylic oxidation sites excluding steroid dienone is 8. The van der Waals surface area contributed by atoms with Gasteiger partial charge < -0.3 is 50.5 Å². The summed E-state index contributed by atoms with van der Waals surface area (Å²) >= 11 is 0. The molecule has 0 spiro atoms. The van der Waals surface area contributed by atoms with Gasteiger partial charge in [0.2, 0.25) is 5.91 Å². The lowest BCUT2D eigenvalue weighted by Crippen LogP contribution is -2.60. The molecule has 8 N–H and O–H groups in total. The highest BCUT2D eigenvalue weighted by Crippen LogP contribution is 2.23. The van der Waals surface area contributed by atoms with E-state index in [0.717, 1.165) is 57.8 Å². The number of ether oxygens (including phenoxy) is 2. The van der Waals surface area contributed by atoms with Gasteiger partial charge in [0.05, 0.1) is 25.4 Å². The number of carbonyl (C=O) groups excluding carboxylic acids is 1. The monoisotopic (exact) mass is 908 g/mol. The van der Waals surface area contributed by atoms with Gasteiger partial charge in [0.15, 0.2) is 6.29 Å². The van der Waals surface area contributed by atoms with Crippen molar-refractivity contribution < 1.29 is 50.0 Å². The molecule has 9 atom stereocenters. The van der Waals surface area contributed by atoms with Gasteiger partial charge in [-0.05, 0) is 83.5 Å². The van der Waals surface area contributed by atoms with Gasteiger partial charge in [-0.1, -0.05) is 178 Å². The van der Waals surface area contributed by atoms with Gasteiger partial charge >= 0.3 is 0 Å². The SMILES string of the molecule is CC/C=C/CC/C=C/CC/C=C/CCCC(O)C(O)C(COC1OC(CO)C(O)C(O)C1O)NC(=O)C(O)CCCCCCCCCC/C=C\CCCCCCCCCCCCCC. The van der Waals surface area contributed by atoms with Crippen LogP contribution in [0.1, 0.15) is 213 Å². The number of nitrogens with one attached hydrogen (secondary N) is 1. The van der Waals surface area contributed by atoms with Crippen LogP contribution in [-0.2, 0) is 14.3 Å². The quantitative estimate of drug-likeness (QED) is 0.0216. The molecule has 0 aromatic carbocycles. The lowest BCUT2D eigenvalue weighted by Gasteiger charge is -2.40. The summed E-state index contributed by atoms with van der Waals surface area (Å²) in [6.07, 6.45) is 40.3. The molecule has 0 aromatic rings. The minimum absolute atomic E-state index is 0.238. The minimum atomic E-state index is -1.67. The maximum absolute atomic E-state index is 13.1. The van der Waals surface area contributed by atoms with Crippen molar-refractivity contribution in [1.82, 2.24) is 5.32 Å². The summed E-state index contributed by atoms with van der Waals surface area (Å²) in [7, 11) is 0. The molecule has 0 aliphatic carbocycles. The van der Waals surface area contributed by atoms with E-state index in [1.807, 2.05) is 0 Å². The highest BCUT2D eigenvalue weighted by atomic mass is 16.7. The van der Waals surface area contributed by atoms with E-state index in [2.05, 4.69) is 67.8 Å². The number of aliphatic hydroxyl groups excluding tert-OH is 7. The summed E-state index contributed by atoms with van der Waals surface area (Å²) in [4.78, 5) is 13.1. The maximum atomic E-state index is 13.1. The minimum Gasteiger partial charge on any atom is -0.394 e. The van der Waals surface area contributed by atoms with Crippen LogP contribution in [0.3, 0.4) is 0 Å². The molecule has 1 aliphatic rings. The van der Waals surface area contributed by atoms with Crippen LogP contribution < -0.4 is 5.32 Å². The largest absolute Gasteiger partial charge is 0.394 e. The number of carbonyl (C=O) groups is 1. The number of aliphatic hydroxyl groups is 7. The molecule has 11 heteroatoms. The van der Waals surface area contributed by atoms with E-state index in [-0.39, 0.29) is 12.8 Å². The Kier molecular flexibility index (Phi) is 39.8. The van der Waals surface area contributed by atoms with Crippen LogP contribution in [0.25, 0.3) is 0 Å². The first-order chi connectivity index (χ1) is 31.2. The Balaban J connectivity index is 2.35. The molecule has 9 unspecified atom stereocenters. The predicted molar refractivity (Wildman–Crippen MR) is 261 cm³/mol. The average molecular weight is 908 g/mol. The molecule has 1 saturated heterocycles. The van der Waals surface area contributed by atoms with Crippen LogP contribution in [0.15, 0.2) is 48.6 Å². The number of hydrogen-bond acceptors (Lipinski definition) is 10. The van der Waals surface area contributed by atoms with E-state index >= 15 is 0 Å². The lowest BCUT2D eigenvalue weighted by atomic mass is 9.98. The molecule has 1 aliphatic heterocycles. The Hall–Kier alpha value is -1.93. The predicted octanol–water partition coefficient (Wildman–Crippen LogP) is 9.73. The van der Waals surface area contributed by atoms with Crippen LogP contribution in [0, 0.1) is 0 Å². The summed E-state index contributed by atoms with van der Waals surface area (Å²) in [5.41, 5.74) is 0. The van der Waals surface area contributed by atoms with Crippen molar-refractivity contribution >= 4 is 5.91 Å². The summed E-state index contributed by atoms with van der Waals surface area (Å²) in [5.74, 6) is -0.716. The van der Waals surface area contributed by atoms with Crippen molar-refractivity contribution in [2.45, 2.75) is 268 Å². The molecule has 11 nitrogen and oxygen atoms in total. The zero-order chi connectivity index (χ0) is 46.9. The highest BCUT2D eigenvalue weighted by Gasteiger charge is 2.44. The zero-order valence-electron chi connectivity index (χ0n) is 40.5. The Morgan fingerprint density at radius 3 is 1.47 bits per heavy atom. The van der Waals surface area contributed by atoms with Crippen LogP contribution in [-0.4, -0.2) is 110 Å². The van der Waals surface area contributed by atoms with Crippen molar-refractivity contribution in [1.29, 1.82) is 0 Å².